The molecule has 6 heteroatoms. The summed E-state index contributed by atoms with van der Waals surface area (Å²) in [6, 6.07) is 4.20. The Morgan fingerprint density at radius 3 is 2.37 bits per heavy atom. The summed E-state index contributed by atoms with van der Waals surface area (Å²) in [7, 11) is 0. The zero-order chi connectivity index (χ0) is 14.5. The summed E-state index contributed by atoms with van der Waals surface area (Å²) in [5.74, 6) is -0.351. The second kappa shape index (κ2) is 6.93. The molecule has 1 amide bonds. The van der Waals surface area contributed by atoms with Crippen molar-refractivity contribution in [2.75, 3.05) is 5.33 Å². The van der Waals surface area contributed by atoms with Crippen molar-refractivity contribution in [1.29, 1.82) is 0 Å². The fourth-order valence-corrected chi connectivity index (χ4v) is 1.90. The lowest BCUT2D eigenvalue weighted by atomic mass is 10.1. The number of alkyl halides is 4. The van der Waals surface area contributed by atoms with Gasteiger partial charge in [0.2, 0.25) is 0 Å². The molecule has 1 atom stereocenters. The Bertz CT molecular complexity index is 417. The molecule has 1 rings (SSSR count). The van der Waals surface area contributed by atoms with Gasteiger partial charge in [-0.2, -0.15) is 13.2 Å². The van der Waals surface area contributed by atoms with E-state index in [0.717, 1.165) is 30.3 Å². The fourth-order valence-electron chi connectivity index (χ4n) is 1.57. The molecule has 1 N–H and O–H groups in total. The maximum Gasteiger partial charge on any atom is 0.416 e. The third-order valence-corrected chi connectivity index (χ3v) is 3.18. The van der Waals surface area contributed by atoms with E-state index in [1.54, 1.807) is 0 Å². The van der Waals surface area contributed by atoms with Crippen LogP contribution in [0.25, 0.3) is 0 Å². The quantitative estimate of drug-likeness (QED) is 0.808. The van der Waals surface area contributed by atoms with Crippen LogP contribution in [0.15, 0.2) is 24.3 Å². The van der Waals surface area contributed by atoms with Gasteiger partial charge in [-0.15, -0.1) is 0 Å². The monoisotopic (exact) mass is 337 g/mol. The summed E-state index contributed by atoms with van der Waals surface area (Å²) < 4.78 is 37.1. The highest BCUT2D eigenvalue weighted by Gasteiger charge is 2.30. The van der Waals surface area contributed by atoms with Crippen molar-refractivity contribution in [2.24, 2.45) is 0 Å². The van der Waals surface area contributed by atoms with E-state index >= 15 is 0 Å². The first-order valence-corrected chi connectivity index (χ1v) is 7.01. The Balaban J connectivity index is 2.63. The van der Waals surface area contributed by atoms with Gasteiger partial charge in [0.25, 0.3) is 5.91 Å². The van der Waals surface area contributed by atoms with Crippen LogP contribution in [0.1, 0.15) is 35.7 Å². The van der Waals surface area contributed by atoms with Gasteiger partial charge in [-0.05, 0) is 44.0 Å². The lowest BCUT2D eigenvalue weighted by Gasteiger charge is -2.13. The number of carbonyl (C=O) groups is 1. The molecule has 0 bridgehead atoms. The molecule has 0 aliphatic rings. The van der Waals surface area contributed by atoms with E-state index in [1.165, 1.54) is 12.1 Å². The van der Waals surface area contributed by atoms with Gasteiger partial charge in [-0.3, -0.25) is 4.79 Å². The summed E-state index contributed by atoms with van der Waals surface area (Å²) >= 11 is 3.30. The molecule has 0 aliphatic carbocycles. The van der Waals surface area contributed by atoms with Crippen molar-refractivity contribution in [3.8, 4) is 0 Å². The van der Waals surface area contributed by atoms with Gasteiger partial charge in [0.05, 0.1) is 5.56 Å². The second-order valence-electron chi connectivity index (χ2n) is 4.28. The Labute approximate surface area is 118 Å². The summed E-state index contributed by atoms with van der Waals surface area (Å²) in [5.41, 5.74) is -0.518. The molecular weight excluding hydrogens is 323 g/mol. The van der Waals surface area contributed by atoms with Crippen LogP contribution in [0, 0.1) is 0 Å². The van der Waals surface area contributed by atoms with Crippen LogP contribution in [0.5, 0.6) is 0 Å². The molecule has 1 unspecified atom stereocenters. The van der Waals surface area contributed by atoms with Crippen molar-refractivity contribution in [2.45, 2.75) is 32.0 Å². The zero-order valence-corrected chi connectivity index (χ0v) is 12.0. The van der Waals surface area contributed by atoms with Crippen molar-refractivity contribution < 1.29 is 18.0 Å². The third-order valence-electron chi connectivity index (χ3n) is 2.62. The van der Waals surface area contributed by atoms with Gasteiger partial charge in [-0.25, -0.2) is 0 Å². The van der Waals surface area contributed by atoms with E-state index in [1.807, 2.05) is 6.92 Å². The highest BCUT2D eigenvalue weighted by molar-refractivity contribution is 9.09. The average molecular weight is 338 g/mol. The van der Waals surface area contributed by atoms with E-state index in [4.69, 9.17) is 0 Å². The van der Waals surface area contributed by atoms with E-state index in [2.05, 4.69) is 21.2 Å². The molecular formula is C13H15BrF3NO. The molecule has 0 spiro atoms. The molecule has 1 aromatic rings. The molecule has 0 aliphatic heterocycles. The standard InChI is InChI=1S/C13H15BrF3NO/c1-9(3-2-8-14)18-12(19)10-4-6-11(7-5-10)13(15,16)17/h4-7,9H,2-3,8H2,1H3,(H,18,19). The number of carbonyl (C=O) groups excluding carboxylic acids is 1. The predicted octanol–water partition coefficient (Wildman–Crippen LogP) is 4.00. The van der Waals surface area contributed by atoms with Crippen LogP contribution in [0.4, 0.5) is 13.2 Å². The number of hydrogen-bond donors (Lipinski definition) is 1. The number of halogens is 4. The maximum absolute atomic E-state index is 12.4. The largest absolute Gasteiger partial charge is 0.416 e. The fraction of sp³-hybridized carbons (Fsp3) is 0.462. The second-order valence-corrected chi connectivity index (χ2v) is 5.07. The van der Waals surface area contributed by atoms with Crippen LogP contribution < -0.4 is 5.32 Å². The highest BCUT2D eigenvalue weighted by Crippen LogP contribution is 2.29. The molecule has 0 saturated heterocycles. The normalized spacial score (nSPS) is 13.1. The number of benzene rings is 1. The maximum atomic E-state index is 12.4. The van der Waals surface area contributed by atoms with Crippen LogP contribution in [0.3, 0.4) is 0 Å². The molecule has 0 fully saturated rings. The minimum Gasteiger partial charge on any atom is -0.350 e. The Morgan fingerprint density at radius 2 is 1.89 bits per heavy atom. The molecule has 0 heterocycles. The first-order valence-electron chi connectivity index (χ1n) is 5.88. The number of hydrogen-bond acceptors (Lipinski definition) is 1. The third kappa shape index (κ3) is 5.22. The van der Waals surface area contributed by atoms with E-state index in [-0.39, 0.29) is 17.5 Å². The Morgan fingerprint density at radius 1 is 1.32 bits per heavy atom. The van der Waals surface area contributed by atoms with E-state index < -0.39 is 11.7 Å². The van der Waals surface area contributed by atoms with E-state index in [9.17, 15) is 18.0 Å². The Hall–Kier alpha value is -1.04. The number of rotatable bonds is 5. The molecule has 0 saturated carbocycles. The Kier molecular flexibility index (Phi) is 5.85. The highest BCUT2D eigenvalue weighted by atomic mass is 79.9. The SMILES string of the molecule is CC(CCCBr)NC(=O)c1ccc(C(F)(F)F)cc1. The number of nitrogens with one attached hydrogen (secondary N) is 1. The zero-order valence-electron chi connectivity index (χ0n) is 10.4. The first kappa shape index (κ1) is 16.0. The van der Waals surface area contributed by atoms with Gasteiger partial charge in [-0.1, -0.05) is 15.9 Å². The van der Waals surface area contributed by atoms with Crippen LogP contribution in [-0.4, -0.2) is 17.3 Å². The molecule has 19 heavy (non-hydrogen) atoms. The summed E-state index contributed by atoms with van der Waals surface area (Å²) in [6.45, 7) is 1.87. The van der Waals surface area contributed by atoms with Crippen LogP contribution in [0.2, 0.25) is 0 Å². The summed E-state index contributed by atoms with van der Waals surface area (Å²) in [4.78, 5) is 11.8. The minimum absolute atomic E-state index is 0.00709. The lowest BCUT2D eigenvalue weighted by molar-refractivity contribution is -0.137. The molecule has 1 aromatic carbocycles. The van der Waals surface area contributed by atoms with Gasteiger partial charge >= 0.3 is 6.18 Å². The summed E-state index contributed by atoms with van der Waals surface area (Å²) in [5, 5.41) is 3.60. The smallest absolute Gasteiger partial charge is 0.350 e. The van der Waals surface area contributed by atoms with Gasteiger partial charge < -0.3 is 5.32 Å². The van der Waals surface area contributed by atoms with Gasteiger partial charge in [0, 0.05) is 16.9 Å². The molecule has 0 aromatic heterocycles. The first-order chi connectivity index (χ1) is 8.84. The molecule has 0 radical (unpaired) electrons. The molecule has 106 valence electrons. The van der Waals surface area contributed by atoms with Crippen molar-refractivity contribution >= 4 is 21.8 Å². The predicted molar refractivity (Wildman–Crippen MR) is 71.4 cm³/mol. The summed E-state index contributed by atoms with van der Waals surface area (Å²) in [6.07, 6.45) is -2.63. The minimum atomic E-state index is -4.38. The topological polar surface area (TPSA) is 29.1 Å². The van der Waals surface area contributed by atoms with E-state index in [0.29, 0.717) is 0 Å². The van der Waals surface area contributed by atoms with Crippen LogP contribution >= 0.6 is 15.9 Å². The van der Waals surface area contributed by atoms with Gasteiger partial charge in [0.15, 0.2) is 0 Å². The number of amides is 1. The average Bonchev–Trinajstić information content (AvgIpc) is 2.35. The van der Waals surface area contributed by atoms with Crippen LogP contribution in [-0.2, 0) is 6.18 Å². The lowest BCUT2D eigenvalue weighted by Crippen LogP contribution is -2.32. The van der Waals surface area contributed by atoms with Gasteiger partial charge in [0.1, 0.15) is 0 Å². The molecule has 2 nitrogen and oxygen atoms in total. The van der Waals surface area contributed by atoms with Crippen molar-refractivity contribution in [1.82, 2.24) is 5.32 Å². The van der Waals surface area contributed by atoms with Crippen molar-refractivity contribution in [3.63, 3.8) is 0 Å². The van der Waals surface area contributed by atoms with Crippen molar-refractivity contribution in [3.05, 3.63) is 35.4 Å².